The number of benzene rings is 2. The minimum Gasteiger partial charge on any atom is -0.316 e. The van der Waals surface area contributed by atoms with Crippen molar-refractivity contribution < 1.29 is 25.9 Å². The van der Waals surface area contributed by atoms with Gasteiger partial charge in [0.15, 0.2) is 0 Å². The third kappa shape index (κ3) is 6.61. The molecule has 0 spiro atoms. The molecular formula is C29H36Cl3N5O6S2. The van der Waals surface area contributed by atoms with E-state index in [1.165, 1.54) is 18.5 Å². The lowest BCUT2D eigenvalue weighted by molar-refractivity contribution is 0.418. The van der Waals surface area contributed by atoms with Gasteiger partial charge in [-0.25, -0.2) is 4.98 Å². The Hall–Kier alpha value is -2.31. The second-order valence-electron chi connectivity index (χ2n) is 10.9. The summed E-state index contributed by atoms with van der Waals surface area (Å²) in [6, 6.07) is 10.2. The van der Waals surface area contributed by atoms with Crippen molar-refractivity contribution in [1.29, 1.82) is 5.26 Å². The summed E-state index contributed by atoms with van der Waals surface area (Å²) in [5, 5.41) is 3.49. The maximum Gasteiger partial charge on any atom is 0.279 e. The quantitative estimate of drug-likeness (QED) is 0.110. The van der Waals surface area contributed by atoms with Crippen LogP contribution < -0.4 is 9.80 Å². The molecule has 1 aliphatic rings. The molecule has 1 aliphatic heterocycles. The lowest BCUT2D eigenvalue weighted by Gasteiger charge is -2.41. The molecule has 0 saturated heterocycles. The summed E-state index contributed by atoms with van der Waals surface area (Å²) in [5.41, 5.74) is 2.37. The van der Waals surface area contributed by atoms with Gasteiger partial charge in [-0.2, -0.15) is 22.1 Å². The van der Waals surface area contributed by atoms with Crippen LogP contribution in [0.25, 0.3) is 11.0 Å². The van der Waals surface area contributed by atoms with Crippen molar-refractivity contribution in [1.82, 2.24) is 9.55 Å². The number of halogens is 3. The fourth-order valence-corrected chi connectivity index (χ4v) is 9.11. The van der Waals surface area contributed by atoms with Gasteiger partial charge in [-0.15, -0.1) is 23.2 Å². The smallest absolute Gasteiger partial charge is 0.279 e. The Kier molecular flexibility index (Phi) is 10.6. The maximum atomic E-state index is 12.9. The zero-order valence-electron chi connectivity index (χ0n) is 25.2. The van der Waals surface area contributed by atoms with Gasteiger partial charge < -0.3 is 9.80 Å². The average molecular weight is 721 g/mol. The van der Waals surface area contributed by atoms with Crippen LogP contribution in [0.3, 0.4) is 0 Å². The molecule has 0 aliphatic carbocycles. The van der Waals surface area contributed by atoms with Crippen LogP contribution in [-0.4, -0.2) is 59.3 Å². The molecule has 16 heteroatoms. The number of hydrogen-bond acceptors (Lipinski definition) is 8. The third-order valence-electron chi connectivity index (χ3n) is 8.30. The molecule has 3 aromatic rings. The molecule has 1 aromatic heterocycles. The summed E-state index contributed by atoms with van der Waals surface area (Å²) in [4.78, 5) is 8.30. The van der Waals surface area contributed by atoms with Crippen molar-refractivity contribution in [3.63, 3.8) is 0 Å². The molecule has 0 bridgehead atoms. The van der Waals surface area contributed by atoms with Crippen LogP contribution in [0.4, 0.5) is 11.4 Å². The minimum atomic E-state index is -4.85. The topological polar surface area (TPSA) is 157 Å². The van der Waals surface area contributed by atoms with Crippen LogP contribution in [-0.2, 0) is 25.5 Å². The monoisotopic (exact) mass is 719 g/mol. The lowest BCUT2D eigenvalue weighted by atomic mass is 9.95. The van der Waals surface area contributed by atoms with Crippen molar-refractivity contribution in [3.8, 4) is 6.07 Å². The van der Waals surface area contributed by atoms with Gasteiger partial charge in [-0.05, 0) is 92.6 Å². The number of aromatic nitrogens is 2. The van der Waals surface area contributed by atoms with Crippen molar-refractivity contribution >= 4 is 77.4 Å². The Morgan fingerprint density at radius 1 is 0.867 bits per heavy atom. The highest BCUT2D eigenvalue weighted by Gasteiger charge is 2.50. The molecule has 2 N–H and O–H groups in total. The van der Waals surface area contributed by atoms with Gasteiger partial charge in [0.25, 0.3) is 25.5 Å². The van der Waals surface area contributed by atoms with Gasteiger partial charge in [-0.1, -0.05) is 13.8 Å². The molecule has 5 atom stereocenters. The molecule has 0 radical (unpaired) electrons. The molecular weight excluding hydrogens is 685 g/mol. The highest BCUT2D eigenvalue weighted by molar-refractivity contribution is 7.86. The van der Waals surface area contributed by atoms with Crippen LogP contribution >= 0.6 is 34.8 Å². The average Bonchev–Trinajstić information content (AvgIpc) is 3.51. The Morgan fingerprint density at radius 3 is 1.84 bits per heavy atom. The fraction of sp³-hybridized carbons (Fsp3) is 0.517. The molecule has 5 unspecified atom stereocenters. The maximum absolute atomic E-state index is 12.9. The molecule has 2 heterocycles. The molecule has 4 rings (SSSR count). The highest BCUT2D eigenvalue weighted by atomic mass is 35.5. The molecule has 11 nitrogen and oxygen atoms in total. The molecule has 45 heavy (non-hydrogen) atoms. The fourth-order valence-electron chi connectivity index (χ4n) is 5.98. The van der Waals surface area contributed by atoms with E-state index in [2.05, 4.69) is 11.1 Å². The normalized spacial score (nSPS) is 19.7. The number of anilines is 2. The number of alkyl halides is 3. The van der Waals surface area contributed by atoms with Crippen LogP contribution in [0.15, 0.2) is 36.7 Å². The predicted octanol–water partition coefficient (Wildman–Crippen LogP) is 6.75. The standard InChI is InChI=1S/C29H36Cl3N5O6S2/c1-5-19(30)12-27(44(38,39)40)21-14-23-25(15-22(21)28(45(41,42)43)13-20(31)6-2)37(17-34-23)29(32)35(7-3)24-10-9-18(16-33)11-26(24)36(29)8-4/h9-11,14-15,17,19-20,27-28H,5-8,12-13H2,1-4H3,(H,38,39,40)(H,41,42,43). The van der Waals surface area contributed by atoms with E-state index in [1.54, 1.807) is 36.6 Å². The van der Waals surface area contributed by atoms with Crippen LogP contribution in [0, 0.1) is 11.3 Å². The second-order valence-corrected chi connectivity index (χ2v) is 15.9. The van der Waals surface area contributed by atoms with Crippen molar-refractivity contribution in [3.05, 3.63) is 53.3 Å². The zero-order chi connectivity index (χ0) is 33.5. The van der Waals surface area contributed by atoms with E-state index >= 15 is 0 Å². The summed E-state index contributed by atoms with van der Waals surface area (Å²) in [5.74, 6) is 0. The Labute approximate surface area is 279 Å². The zero-order valence-corrected chi connectivity index (χ0v) is 29.1. The number of hydrogen-bond donors (Lipinski definition) is 2. The van der Waals surface area contributed by atoms with Crippen LogP contribution in [0.1, 0.15) is 80.6 Å². The van der Waals surface area contributed by atoms with E-state index in [0.717, 1.165) is 5.69 Å². The van der Waals surface area contributed by atoms with Crippen molar-refractivity contribution in [2.45, 2.75) is 79.9 Å². The van der Waals surface area contributed by atoms with Crippen molar-refractivity contribution in [2.24, 2.45) is 0 Å². The van der Waals surface area contributed by atoms with E-state index in [0.29, 0.717) is 42.7 Å². The van der Waals surface area contributed by atoms with E-state index in [-0.39, 0.29) is 29.5 Å². The molecule has 2 aromatic carbocycles. The third-order valence-corrected chi connectivity index (χ3v) is 12.2. The number of imidazole rings is 1. The summed E-state index contributed by atoms with van der Waals surface area (Å²) in [6.07, 6.45) is 1.75. The van der Waals surface area contributed by atoms with Crippen LogP contribution in [0.5, 0.6) is 0 Å². The molecule has 246 valence electrons. The van der Waals surface area contributed by atoms with Gasteiger partial charge >= 0.3 is 0 Å². The first-order valence-corrected chi connectivity index (χ1v) is 18.8. The predicted molar refractivity (Wildman–Crippen MR) is 178 cm³/mol. The van der Waals surface area contributed by atoms with E-state index in [1.807, 2.05) is 23.6 Å². The summed E-state index contributed by atoms with van der Waals surface area (Å²) in [6.45, 7) is 8.15. The first-order valence-electron chi connectivity index (χ1n) is 14.6. The Balaban J connectivity index is 2.07. The number of nitrogens with zero attached hydrogens (tertiary/aromatic N) is 5. The van der Waals surface area contributed by atoms with Gasteiger partial charge in [-0.3, -0.25) is 13.7 Å². The lowest BCUT2D eigenvalue weighted by Crippen LogP contribution is -2.54. The minimum absolute atomic E-state index is 0.0615. The second kappa shape index (κ2) is 13.4. The SMILES string of the molecule is CCC(Cl)CC(c1cc2ncn(C3(Cl)N(CC)c4ccc(C#N)cc4N3CC)c2cc1C(CC(Cl)CC)S(=O)(=O)O)S(=O)(=O)O. The van der Waals surface area contributed by atoms with E-state index in [9.17, 15) is 31.2 Å². The molecule has 0 amide bonds. The number of rotatable bonds is 13. The first-order chi connectivity index (χ1) is 21.1. The Morgan fingerprint density at radius 2 is 1.38 bits per heavy atom. The summed E-state index contributed by atoms with van der Waals surface area (Å²) in [7, 11) is -9.66. The van der Waals surface area contributed by atoms with Gasteiger partial charge in [0, 0.05) is 23.8 Å². The van der Waals surface area contributed by atoms with Gasteiger partial charge in [0.1, 0.15) is 16.8 Å². The largest absolute Gasteiger partial charge is 0.316 e. The summed E-state index contributed by atoms with van der Waals surface area (Å²) < 4.78 is 74.0. The highest BCUT2D eigenvalue weighted by Crippen LogP contribution is 2.51. The first kappa shape index (κ1) is 35.5. The molecule has 0 fully saturated rings. The van der Waals surface area contributed by atoms with E-state index < -0.39 is 46.7 Å². The summed E-state index contributed by atoms with van der Waals surface area (Å²) >= 11 is 20.3. The number of fused-ring (bicyclic) bond motifs is 2. The van der Waals surface area contributed by atoms with Gasteiger partial charge in [0.2, 0.25) is 0 Å². The van der Waals surface area contributed by atoms with Crippen molar-refractivity contribution in [2.75, 3.05) is 22.9 Å². The van der Waals surface area contributed by atoms with Gasteiger partial charge in [0.05, 0.1) is 34.0 Å². The Bertz CT molecular complexity index is 1830. The molecule has 0 saturated carbocycles. The van der Waals surface area contributed by atoms with Crippen LogP contribution in [0.2, 0.25) is 0 Å². The van der Waals surface area contributed by atoms with E-state index in [4.69, 9.17) is 34.8 Å². The number of nitriles is 1.